The standard InChI is InChI=1S/C22H23N7O2/c1-14-13-29(5-6-30-14)20-8-21(28-15(2)27-20)31-19-7-16(9-23)3-4-18(19)22-25-11-17(10-24)12-26-22/h3-4,7-8,11-12,14H,5-6,10,13,24H2,1-2H3. The normalized spacial score (nSPS) is 16.1. The van der Waals surface area contributed by atoms with Crippen LogP contribution >= 0.6 is 0 Å². The van der Waals surface area contributed by atoms with Gasteiger partial charge < -0.3 is 20.1 Å². The first-order valence-electron chi connectivity index (χ1n) is 10.0. The Morgan fingerprint density at radius 3 is 2.77 bits per heavy atom. The van der Waals surface area contributed by atoms with E-state index < -0.39 is 0 Å². The molecule has 1 atom stereocenters. The first-order chi connectivity index (χ1) is 15.1. The van der Waals surface area contributed by atoms with Gasteiger partial charge >= 0.3 is 0 Å². The monoisotopic (exact) mass is 417 g/mol. The van der Waals surface area contributed by atoms with Crippen LogP contribution in [0.2, 0.25) is 0 Å². The molecule has 1 unspecified atom stereocenters. The van der Waals surface area contributed by atoms with E-state index in [-0.39, 0.29) is 6.10 Å². The highest BCUT2D eigenvalue weighted by molar-refractivity contribution is 5.66. The summed E-state index contributed by atoms with van der Waals surface area (Å²) in [5.74, 6) is 2.67. The van der Waals surface area contributed by atoms with Gasteiger partial charge in [-0.15, -0.1) is 0 Å². The molecule has 2 aromatic heterocycles. The first-order valence-corrected chi connectivity index (χ1v) is 10.0. The van der Waals surface area contributed by atoms with E-state index in [0.29, 0.717) is 47.6 Å². The molecule has 0 radical (unpaired) electrons. The van der Waals surface area contributed by atoms with Crippen LogP contribution in [0.3, 0.4) is 0 Å². The Morgan fingerprint density at radius 1 is 1.26 bits per heavy atom. The molecule has 9 heteroatoms. The summed E-state index contributed by atoms with van der Waals surface area (Å²) in [4.78, 5) is 19.9. The number of nitrogens with two attached hydrogens (primary N) is 1. The van der Waals surface area contributed by atoms with Crippen LogP contribution < -0.4 is 15.4 Å². The van der Waals surface area contributed by atoms with Crippen molar-refractivity contribution in [1.29, 1.82) is 5.26 Å². The van der Waals surface area contributed by atoms with Crippen molar-refractivity contribution < 1.29 is 9.47 Å². The summed E-state index contributed by atoms with van der Waals surface area (Å²) in [7, 11) is 0. The summed E-state index contributed by atoms with van der Waals surface area (Å²) in [6.45, 7) is 6.35. The van der Waals surface area contributed by atoms with Crippen molar-refractivity contribution in [3.05, 3.63) is 53.6 Å². The summed E-state index contributed by atoms with van der Waals surface area (Å²) >= 11 is 0. The van der Waals surface area contributed by atoms with Crippen LogP contribution in [-0.4, -0.2) is 45.7 Å². The topological polar surface area (TPSA) is 123 Å². The number of aryl methyl sites for hydroxylation is 1. The summed E-state index contributed by atoms with van der Waals surface area (Å²) in [5, 5.41) is 9.35. The average molecular weight is 417 g/mol. The number of nitrogens with zero attached hydrogens (tertiary/aromatic N) is 6. The lowest BCUT2D eigenvalue weighted by Crippen LogP contribution is -2.41. The van der Waals surface area contributed by atoms with Crippen LogP contribution in [-0.2, 0) is 11.3 Å². The summed E-state index contributed by atoms with van der Waals surface area (Å²) in [6.07, 6.45) is 3.48. The van der Waals surface area contributed by atoms with Crippen LogP contribution in [0.15, 0.2) is 36.7 Å². The minimum absolute atomic E-state index is 0.126. The molecule has 1 aromatic carbocycles. The molecule has 2 N–H and O–H groups in total. The quantitative estimate of drug-likeness (QED) is 0.667. The Labute approximate surface area is 180 Å². The Bertz CT molecular complexity index is 1110. The predicted molar refractivity (Wildman–Crippen MR) is 115 cm³/mol. The SMILES string of the molecule is Cc1nc(Oc2cc(C#N)ccc2-c2ncc(CN)cn2)cc(N2CCOC(C)C2)n1. The second-order valence-corrected chi connectivity index (χ2v) is 7.28. The van der Waals surface area contributed by atoms with Gasteiger partial charge in [0.2, 0.25) is 5.88 Å². The van der Waals surface area contributed by atoms with E-state index in [4.69, 9.17) is 15.2 Å². The zero-order valence-electron chi connectivity index (χ0n) is 17.4. The van der Waals surface area contributed by atoms with Crippen LogP contribution in [0.4, 0.5) is 5.82 Å². The molecule has 4 rings (SSSR count). The Balaban J connectivity index is 1.69. The molecular formula is C22H23N7O2. The van der Waals surface area contributed by atoms with Gasteiger partial charge in [0.05, 0.1) is 29.9 Å². The number of ether oxygens (including phenoxy) is 2. The number of hydrogen-bond acceptors (Lipinski definition) is 9. The Kier molecular flexibility index (Phi) is 6.02. The fraction of sp³-hybridized carbons (Fsp3) is 0.318. The Hall–Kier alpha value is -3.61. The molecule has 3 heterocycles. The lowest BCUT2D eigenvalue weighted by atomic mass is 10.1. The van der Waals surface area contributed by atoms with Crippen LogP contribution in [0.5, 0.6) is 11.6 Å². The molecule has 158 valence electrons. The van der Waals surface area contributed by atoms with Crippen molar-refractivity contribution in [1.82, 2.24) is 19.9 Å². The first kappa shape index (κ1) is 20.7. The molecular weight excluding hydrogens is 394 g/mol. The largest absolute Gasteiger partial charge is 0.438 e. The van der Waals surface area contributed by atoms with Gasteiger partial charge in [0, 0.05) is 43.7 Å². The molecule has 1 fully saturated rings. The van der Waals surface area contributed by atoms with Gasteiger partial charge in [-0.3, -0.25) is 0 Å². The zero-order valence-corrected chi connectivity index (χ0v) is 17.4. The number of hydrogen-bond donors (Lipinski definition) is 1. The van der Waals surface area contributed by atoms with Gasteiger partial charge in [-0.05, 0) is 32.0 Å². The van der Waals surface area contributed by atoms with Gasteiger partial charge in [-0.2, -0.15) is 10.2 Å². The van der Waals surface area contributed by atoms with E-state index in [1.54, 1.807) is 36.7 Å². The van der Waals surface area contributed by atoms with Gasteiger partial charge in [0.1, 0.15) is 17.4 Å². The van der Waals surface area contributed by atoms with Crippen molar-refractivity contribution in [3.63, 3.8) is 0 Å². The number of morpholine rings is 1. The van der Waals surface area contributed by atoms with E-state index in [0.717, 1.165) is 24.5 Å². The highest BCUT2D eigenvalue weighted by Gasteiger charge is 2.20. The maximum absolute atomic E-state index is 9.35. The van der Waals surface area contributed by atoms with Crippen LogP contribution in [0.25, 0.3) is 11.4 Å². The average Bonchev–Trinajstić information content (AvgIpc) is 2.79. The van der Waals surface area contributed by atoms with Gasteiger partial charge in [-0.25, -0.2) is 15.0 Å². The highest BCUT2D eigenvalue weighted by atomic mass is 16.5. The second kappa shape index (κ2) is 9.04. The van der Waals surface area contributed by atoms with Gasteiger partial charge in [0.15, 0.2) is 5.82 Å². The van der Waals surface area contributed by atoms with E-state index in [2.05, 4.69) is 30.9 Å². The number of nitriles is 1. The van der Waals surface area contributed by atoms with E-state index >= 15 is 0 Å². The van der Waals surface area contributed by atoms with Crippen LogP contribution in [0.1, 0.15) is 23.9 Å². The second-order valence-electron chi connectivity index (χ2n) is 7.28. The zero-order chi connectivity index (χ0) is 21.8. The van der Waals surface area contributed by atoms with Crippen molar-refractivity contribution in [2.24, 2.45) is 5.73 Å². The molecule has 1 aliphatic heterocycles. The minimum Gasteiger partial charge on any atom is -0.438 e. The number of benzene rings is 1. The number of anilines is 1. The summed E-state index contributed by atoms with van der Waals surface area (Å²) in [5.41, 5.74) is 7.59. The molecule has 0 bridgehead atoms. The fourth-order valence-corrected chi connectivity index (χ4v) is 3.34. The van der Waals surface area contributed by atoms with Crippen molar-refractivity contribution >= 4 is 5.82 Å². The third-order valence-electron chi connectivity index (χ3n) is 4.87. The molecule has 3 aromatic rings. The van der Waals surface area contributed by atoms with Gasteiger partial charge in [0.25, 0.3) is 0 Å². The van der Waals surface area contributed by atoms with Crippen molar-refractivity contribution in [2.45, 2.75) is 26.5 Å². The van der Waals surface area contributed by atoms with Gasteiger partial charge in [-0.1, -0.05) is 0 Å². The third kappa shape index (κ3) is 4.77. The van der Waals surface area contributed by atoms with Crippen LogP contribution in [0, 0.1) is 18.3 Å². The Morgan fingerprint density at radius 2 is 2.06 bits per heavy atom. The van der Waals surface area contributed by atoms with Crippen molar-refractivity contribution in [2.75, 3.05) is 24.6 Å². The third-order valence-corrected chi connectivity index (χ3v) is 4.87. The molecule has 0 saturated carbocycles. The predicted octanol–water partition coefficient (Wildman–Crippen LogP) is 2.59. The molecule has 0 spiro atoms. The number of aromatic nitrogens is 4. The minimum atomic E-state index is 0.126. The maximum Gasteiger partial charge on any atom is 0.224 e. The molecule has 0 amide bonds. The molecule has 0 aliphatic carbocycles. The molecule has 31 heavy (non-hydrogen) atoms. The smallest absolute Gasteiger partial charge is 0.224 e. The highest BCUT2D eigenvalue weighted by Crippen LogP contribution is 2.33. The molecule has 1 aliphatic rings. The summed E-state index contributed by atoms with van der Waals surface area (Å²) < 4.78 is 11.8. The van der Waals surface area contributed by atoms with E-state index in [1.165, 1.54) is 0 Å². The fourth-order valence-electron chi connectivity index (χ4n) is 3.34. The van der Waals surface area contributed by atoms with E-state index in [1.807, 2.05) is 13.8 Å². The molecule has 9 nitrogen and oxygen atoms in total. The maximum atomic E-state index is 9.35. The number of rotatable bonds is 5. The molecule has 1 saturated heterocycles. The van der Waals surface area contributed by atoms with E-state index in [9.17, 15) is 5.26 Å². The lowest BCUT2D eigenvalue weighted by Gasteiger charge is -2.32. The summed E-state index contributed by atoms with van der Waals surface area (Å²) in [6, 6.07) is 9.06. The van der Waals surface area contributed by atoms with Crippen molar-refractivity contribution in [3.8, 4) is 29.1 Å². The lowest BCUT2D eigenvalue weighted by molar-refractivity contribution is 0.0529.